The van der Waals surface area contributed by atoms with Crippen molar-refractivity contribution >= 4 is 38.3 Å². The Morgan fingerprint density at radius 2 is 1.86 bits per heavy atom. The predicted molar refractivity (Wildman–Crippen MR) is 118 cm³/mol. The molecule has 0 bridgehead atoms. The van der Waals surface area contributed by atoms with Gasteiger partial charge in [0.2, 0.25) is 0 Å². The number of thiophene rings is 1. The van der Waals surface area contributed by atoms with Crippen molar-refractivity contribution in [3.05, 3.63) is 64.5 Å². The van der Waals surface area contributed by atoms with E-state index in [-0.39, 0.29) is 5.41 Å². The van der Waals surface area contributed by atoms with Gasteiger partial charge in [-0.05, 0) is 41.2 Å². The molecule has 0 aliphatic rings. The lowest BCUT2D eigenvalue weighted by molar-refractivity contribution is 0.0699. The van der Waals surface area contributed by atoms with Gasteiger partial charge in [-0.25, -0.2) is 9.78 Å². The van der Waals surface area contributed by atoms with Crippen LogP contribution in [-0.2, 0) is 11.8 Å². The average Bonchev–Trinajstić information content (AvgIpc) is 3.09. The van der Waals surface area contributed by atoms with E-state index in [0.29, 0.717) is 5.56 Å². The first-order valence-electron chi connectivity index (χ1n) is 9.47. The number of carbonyl (C=O) groups is 1. The fourth-order valence-corrected chi connectivity index (χ4v) is 4.55. The standard InChI is InChI=1S/C24H23NO2S/c1-5-14-10-15(24(2,3)4)11-17-18(23(26)27)12-20(25-22(14)17)19-13-28-21-9-7-6-8-16(19)21/h6-13H,5H2,1-4H3,(H,26,27). The summed E-state index contributed by atoms with van der Waals surface area (Å²) < 4.78 is 1.18. The topological polar surface area (TPSA) is 50.2 Å². The van der Waals surface area contributed by atoms with Crippen LogP contribution in [0.25, 0.3) is 32.2 Å². The second-order valence-corrected chi connectivity index (χ2v) is 9.05. The Balaban J connectivity index is 2.07. The van der Waals surface area contributed by atoms with Crippen LogP contribution in [0.3, 0.4) is 0 Å². The molecule has 0 saturated heterocycles. The molecule has 0 atom stereocenters. The molecule has 4 aromatic rings. The third-order valence-electron chi connectivity index (χ3n) is 5.23. The largest absolute Gasteiger partial charge is 0.478 e. The van der Waals surface area contributed by atoms with Gasteiger partial charge in [0.15, 0.2) is 0 Å². The number of hydrogen-bond acceptors (Lipinski definition) is 3. The molecule has 2 aromatic carbocycles. The van der Waals surface area contributed by atoms with Crippen molar-refractivity contribution in [2.24, 2.45) is 0 Å². The zero-order valence-electron chi connectivity index (χ0n) is 16.5. The molecule has 1 N–H and O–H groups in total. The van der Waals surface area contributed by atoms with Gasteiger partial charge in [-0.2, -0.15) is 0 Å². The Kier molecular flexibility index (Phi) is 4.47. The molecule has 2 heterocycles. The quantitative estimate of drug-likeness (QED) is 0.425. The van der Waals surface area contributed by atoms with Crippen molar-refractivity contribution in [2.45, 2.75) is 39.5 Å². The molecular formula is C24H23NO2S. The summed E-state index contributed by atoms with van der Waals surface area (Å²) in [6.07, 6.45) is 0.806. The van der Waals surface area contributed by atoms with Crippen LogP contribution in [0.5, 0.6) is 0 Å². The first kappa shape index (κ1) is 18.6. The molecule has 0 amide bonds. The summed E-state index contributed by atoms with van der Waals surface area (Å²) in [5, 5.41) is 13.9. The van der Waals surface area contributed by atoms with Gasteiger partial charge >= 0.3 is 5.97 Å². The normalized spacial score (nSPS) is 12.0. The molecule has 142 valence electrons. The number of nitrogens with zero attached hydrogens (tertiary/aromatic N) is 1. The van der Waals surface area contributed by atoms with Crippen LogP contribution in [0.2, 0.25) is 0 Å². The molecular weight excluding hydrogens is 366 g/mol. The zero-order chi connectivity index (χ0) is 20.1. The third-order valence-corrected chi connectivity index (χ3v) is 6.19. The van der Waals surface area contributed by atoms with Crippen molar-refractivity contribution < 1.29 is 9.90 Å². The maximum absolute atomic E-state index is 12.1. The summed E-state index contributed by atoms with van der Waals surface area (Å²) >= 11 is 1.66. The van der Waals surface area contributed by atoms with Gasteiger partial charge < -0.3 is 5.11 Å². The number of aryl methyl sites for hydroxylation is 1. The van der Waals surface area contributed by atoms with Crippen LogP contribution in [-0.4, -0.2) is 16.1 Å². The predicted octanol–water partition coefficient (Wildman–Crippen LogP) is 6.67. The van der Waals surface area contributed by atoms with E-state index in [1.54, 1.807) is 17.4 Å². The molecule has 3 nitrogen and oxygen atoms in total. The van der Waals surface area contributed by atoms with Gasteiger partial charge in [-0.3, -0.25) is 0 Å². The minimum absolute atomic E-state index is 0.0594. The van der Waals surface area contributed by atoms with E-state index in [1.807, 2.05) is 18.2 Å². The van der Waals surface area contributed by atoms with E-state index < -0.39 is 5.97 Å². The monoisotopic (exact) mass is 389 g/mol. The highest BCUT2D eigenvalue weighted by Crippen LogP contribution is 2.36. The van der Waals surface area contributed by atoms with E-state index in [4.69, 9.17) is 4.98 Å². The number of aromatic nitrogens is 1. The summed E-state index contributed by atoms with van der Waals surface area (Å²) in [5.74, 6) is -0.915. The fourth-order valence-electron chi connectivity index (χ4n) is 3.59. The fraction of sp³-hybridized carbons (Fsp3) is 0.250. The summed E-state index contributed by atoms with van der Waals surface area (Å²) in [6.45, 7) is 8.53. The molecule has 4 heteroatoms. The van der Waals surface area contributed by atoms with Crippen LogP contribution in [0, 0.1) is 0 Å². The van der Waals surface area contributed by atoms with Crippen LogP contribution >= 0.6 is 11.3 Å². The van der Waals surface area contributed by atoms with E-state index in [1.165, 1.54) is 4.70 Å². The first-order chi connectivity index (χ1) is 13.3. The van der Waals surface area contributed by atoms with E-state index in [9.17, 15) is 9.90 Å². The SMILES string of the molecule is CCc1cc(C(C)(C)C)cc2c(C(=O)O)cc(-c3csc4ccccc34)nc12. The highest BCUT2D eigenvalue weighted by molar-refractivity contribution is 7.17. The number of benzene rings is 2. The Morgan fingerprint density at radius 3 is 2.54 bits per heavy atom. The number of fused-ring (bicyclic) bond motifs is 2. The molecule has 4 rings (SSSR count). The lowest BCUT2D eigenvalue weighted by atomic mass is 9.84. The third kappa shape index (κ3) is 3.08. The van der Waals surface area contributed by atoms with Crippen molar-refractivity contribution in [3.63, 3.8) is 0 Å². The Labute approximate surface area is 168 Å². The number of hydrogen-bond donors (Lipinski definition) is 1. The number of aromatic carboxylic acids is 1. The van der Waals surface area contributed by atoms with E-state index in [0.717, 1.165) is 45.1 Å². The zero-order valence-corrected chi connectivity index (χ0v) is 17.4. The lowest BCUT2D eigenvalue weighted by Gasteiger charge is -2.22. The van der Waals surface area contributed by atoms with Crippen molar-refractivity contribution in [1.29, 1.82) is 0 Å². The molecule has 0 aliphatic heterocycles. The molecule has 0 spiro atoms. The summed E-state index contributed by atoms with van der Waals surface area (Å²) in [7, 11) is 0. The van der Waals surface area contributed by atoms with Crippen molar-refractivity contribution in [2.75, 3.05) is 0 Å². The number of pyridine rings is 1. The lowest BCUT2D eigenvalue weighted by Crippen LogP contribution is -2.12. The average molecular weight is 390 g/mol. The Morgan fingerprint density at radius 1 is 1.11 bits per heavy atom. The van der Waals surface area contributed by atoms with Gasteiger partial charge in [-0.15, -0.1) is 11.3 Å². The van der Waals surface area contributed by atoms with E-state index >= 15 is 0 Å². The first-order valence-corrected chi connectivity index (χ1v) is 10.4. The van der Waals surface area contributed by atoms with Gasteiger partial charge in [0.25, 0.3) is 0 Å². The van der Waals surface area contributed by atoms with Crippen molar-refractivity contribution in [1.82, 2.24) is 4.98 Å². The van der Waals surface area contributed by atoms with Gasteiger partial charge in [0.05, 0.1) is 16.8 Å². The molecule has 0 saturated carbocycles. The molecule has 2 aromatic heterocycles. The van der Waals surface area contributed by atoms with Crippen LogP contribution in [0.15, 0.2) is 47.8 Å². The van der Waals surface area contributed by atoms with Crippen LogP contribution in [0.4, 0.5) is 0 Å². The van der Waals surface area contributed by atoms with E-state index in [2.05, 4.69) is 51.3 Å². The Bertz CT molecular complexity index is 1210. The molecule has 0 radical (unpaired) electrons. The molecule has 0 unspecified atom stereocenters. The Hall–Kier alpha value is -2.72. The number of carboxylic acid groups (broad SMARTS) is 1. The van der Waals surface area contributed by atoms with Gasteiger partial charge in [0.1, 0.15) is 0 Å². The maximum Gasteiger partial charge on any atom is 0.336 e. The van der Waals surface area contributed by atoms with Crippen LogP contribution in [0.1, 0.15) is 49.2 Å². The second kappa shape index (κ2) is 6.71. The van der Waals surface area contributed by atoms with Crippen molar-refractivity contribution in [3.8, 4) is 11.3 Å². The molecule has 0 fully saturated rings. The highest BCUT2D eigenvalue weighted by Gasteiger charge is 2.21. The van der Waals surface area contributed by atoms with Crippen LogP contribution < -0.4 is 0 Å². The van der Waals surface area contributed by atoms with Gasteiger partial charge in [0, 0.05) is 26.4 Å². The number of rotatable bonds is 3. The summed E-state index contributed by atoms with van der Waals surface area (Å²) in [6, 6.07) is 14.1. The maximum atomic E-state index is 12.1. The molecule has 0 aliphatic carbocycles. The minimum Gasteiger partial charge on any atom is -0.478 e. The minimum atomic E-state index is -0.915. The second-order valence-electron chi connectivity index (χ2n) is 8.14. The summed E-state index contributed by atoms with van der Waals surface area (Å²) in [5.41, 5.74) is 4.99. The number of carboxylic acids is 1. The van der Waals surface area contributed by atoms with Gasteiger partial charge in [-0.1, -0.05) is 52.0 Å². The highest BCUT2D eigenvalue weighted by atomic mass is 32.1. The summed E-state index contributed by atoms with van der Waals surface area (Å²) in [4.78, 5) is 17.1. The smallest absolute Gasteiger partial charge is 0.336 e. The molecule has 28 heavy (non-hydrogen) atoms.